The Bertz CT molecular complexity index is 1490. The number of nitrogens with one attached hydrogen (secondary N) is 1. The van der Waals surface area contributed by atoms with Gasteiger partial charge in [0.25, 0.3) is 0 Å². The molecule has 2 aliphatic rings. The summed E-state index contributed by atoms with van der Waals surface area (Å²) in [6.45, 7) is 4.56. The molecule has 4 aromatic rings. The average Bonchev–Trinajstić information content (AvgIpc) is 3.43. The maximum Gasteiger partial charge on any atom is 0.319 e. The van der Waals surface area contributed by atoms with Crippen molar-refractivity contribution >= 4 is 27.6 Å². The maximum atomic E-state index is 16.3. The van der Waals surface area contributed by atoms with Gasteiger partial charge in [-0.15, -0.1) is 0 Å². The van der Waals surface area contributed by atoms with Crippen molar-refractivity contribution in [1.29, 1.82) is 0 Å². The largest absolute Gasteiger partial charge is 0.462 e. The van der Waals surface area contributed by atoms with Gasteiger partial charge in [-0.1, -0.05) is 12.2 Å². The van der Waals surface area contributed by atoms with Gasteiger partial charge < -0.3 is 14.5 Å². The number of H-pyrrole nitrogens is 1. The summed E-state index contributed by atoms with van der Waals surface area (Å²) in [6.07, 6.45) is 11.3. The van der Waals surface area contributed by atoms with Crippen LogP contribution >= 0.6 is 0 Å². The Morgan fingerprint density at radius 2 is 1.89 bits per heavy atom. The molecule has 1 fully saturated rings. The summed E-state index contributed by atoms with van der Waals surface area (Å²) in [5.41, 5.74) is 1.27. The molecular formula is C27H29F2N7O. The van der Waals surface area contributed by atoms with Gasteiger partial charge >= 0.3 is 6.01 Å². The van der Waals surface area contributed by atoms with Crippen LogP contribution in [0.5, 0.6) is 6.01 Å². The highest BCUT2D eigenvalue weighted by Gasteiger charge is 2.26. The van der Waals surface area contributed by atoms with E-state index < -0.39 is 11.6 Å². The summed E-state index contributed by atoms with van der Waals surface area (Å²) in [7, 11) is 2.08. The minimum atomic E-state index is -0.631. The number of rotatable bonds is 5. The molecule has 0 amide bonds. The van der Waals surface area contributed by atoms with Crippen molar-refractivity contribution in [2.75, 3.05) is 38.2 Å². The molecule has 2 aliphatic heterocycles. The predicted molar refractivity (Wildman–Crippen MR) is 139 cm³/mol. The fraction of sp³-hybridized carbons (Fsp3) is 0.407. The van der Waals surface area contributed by atoms with E-state index >= 15 is 4.39 Å². The molecule has 8 nitrogen and oxygen atoms in total. The number of pyridine rings is 1. The molecule has 1 atom stereocenters. The molecular weight excluding hydrogens is 476 g/mol. The standard InChI is InChI=1S/C27H29F2N7O/c1-16-20(28)12-21-18(14-31-34-21)22(16)25-23(29)24-19(13-30-25)26(36-10-5-3-4-6-11-36)33-27(32-24)37-15-17-8-7-9-35(17)2/h3-4,12-14,17H,5-11,15H2,1-2H3,(H,31,34). The van der Waals surface area contributed by atoms with Gasteiger partial charge in [-0.05, 0) is 57.8 Å². The second-order valence-electron chi connectivity index (χ2n) is 9.83. The Morgan fingerprint density at radius 1 is 1.08 bits per heavy atom. The number of likely N-dealkylation sites (N-methyl/N-ethyl adjacent to an activating group) is 1. The minimum Gasteiger partial charge on any atom is -0.462 e. The van der Waals surface area contributed by atoms with E-state index in [2.05, 4.69) is 49.2 Å². The Morgan fingerprint density at radius 3 is 2.65 bits per heavy atom. The number of halogens is 2. The lowest BCUT2D eigenvalue weighted by atomic mass is 9.99. The number of benzene rings is 1. The molecule has 1 aromatic carbocycles. The second-order valence-corrected chi connectivity index (χ2v) is 9.83. The third-order valence-corrected chi connectivity index (χ3v) is 7.50. The summed E-state index contributed by atoms with van der Waals surface area (Å²) >= 11 is 0. The third-order valence-electron chi connectivity index (χ3n) is 7.50. The predicted octanol–water partition coefficient (Wildman–Crippen LogP) is 4.78. The van der Waals surface area contributed by atoms with Crippen LogP contribution in [-0.4, -0.2) is 69.4 Å². The molecule has 5 heterocycles. The molecule has 0 aliphatic carbocycles. The zero-order valence-corrected chi connectivity index (χ0v) is 21.0. The quantitative estimate of drug-likeness (QED) is 0.391. The minimum absolute atomic E-state index is 0.0274. The van der Waals surface area contributed by atoms with Crippen molar-refractivity contribution in [3.05, 3.63) is 47.8 Å². The highest BCUT2D eigenvalue weighted by Crippen LogP contribution is 2.37. The first-order valence-electron chi connectivity index (χ1n) is 12.7. The van der Waals surface area contributed by atoms with E-state index in [4.69, 9.17) is 9.72 Å². The van der Waals surface area contributed by atoms with Crippen LogP contribution < -0.4 is 9.64 Å². The van der Waals surface area contributed by atoms with Crippen molar-refractivity contribution in [1.82, 2.24) is 30.0 Å². The molecule has 0 saturated carbocycles. The van der Waals surface area contributed by atoms with E-state index in [9.17, 15) is 4.39 Å². The van der Waals surface area contributed by atoms with Crippen LogP contribution in [0.4, 0.5) is 14.6 Å². The molecule has 192 valence electrons. The van der Waals surface area contributed by atoms with Gasteiger partial charge in [0.05, 0.1) is 17.1 Å². The number of aromatic nitrogens is 5. The van der Waals surface area contributed by atoms with E-state index in [-0.39, 0.29) is 23.3 Å². The first-order valence-corrected chi connectivity index (χ1v) is 12.7. The number of nitrogens with zero attached hydrogens (tertiary/aromatic N) is 6. The van der Waals surface area contributed by atoms with Crippen molar-refractivity contribution in [3.8, 4) is 17.3 Å². The summed E-state index contributed by atoms with van der Waals surface area (Å²) in [5.74, 6) is -0.489. The van der Waals surface area contributed by atoms with Crippen molar-refractivity contribution in [3.63, 3.8) is 0 Å². The van der Waals surface area contributed by atoms with Gasteiger partial charge in [-0.25, -0.2) is 8.78 Å². The molecule has 10 heteroatoms. The van der Waals surface area contributed by atoms with Gasteiger partial charge in [0, 0.05) is 36.3 Å². The van der Waals surface area contributed by atoms with Crippen LogP contribution in [0.1, 0.15) is 31.2 Å². The molecule has 1 saturated heterocycles. The number of fused-ring (bicyclic) bond motifs is 2. The van der Waals surface area contributed by atoms with E-state index in [1.54, 1.807) is 19.3 Å². The molecule has 1 N–H and O–H groups in total. The summed E-state index contributed by atoms with van der Waals surface area (Å²) in [4.78, 5) is 18.1. The number of aromatic amines is 1. The zero-order chi connectivity index (χ0) is 25.5. The molecule has 0 radical (unpaired) electrons. The van der Waals surface area contributed by atoms with Gasteiger partial charge in [0.2, 0.25) is 0 Å². The Labute approximate surface area is 213 Å². The van der Waals surface area contributed by atoms with Gasteiger partial charge in [-0.2, -0.15) is 15.1 Å². The Balaban J connectivity index is 1.49. The number of ether oxygens (including phenoxy) is 1. The highest BCUT2D eigenvalue weighted by atomic mass is 19.1. The molecule has 0 spiro atoms. The summed E-state index contributed by atoms with van der Waals surface area (Å²) in [5, 5.41) is 7.89. The summed E-state index contributed by atoms with van der Waals surface area (Å²) < 4.78 is 37.1. The first kappa shape index (κ1) is 23.7. The third kappa shape index (κ3) is 4.29. The fourth-order valence-electron chi connectivity index (χ4n) is 5.35. The zero-order valence-electron chi connectivity index (χ0n) is 21.0. The number of anilines is 1. The molecule has 0 bridgehead atoms. The average molecular weight is 506 g/mol. The van der Waals surface area contributed by atoms with Crippen LogP contribution in [0.15, 0.2) is 30.6 Å². The van der Waals surface area contributed by atoms with Crippen LogP contribution in [0.25, 0.3) is 33.1 Å². The van der Waals surface area contributed by atoms with Crippen LogP contribution in [0.3, 0.4) is 0 Å². The van der Waals surface area contributed by atoms with E-state index in [0.717, 1.165) is 45.3 Å². The number of hydrogen-bond donors (Lipinski definition) is 1. The van der Waals surface area contributed by atoms with Gasteiger partial charge in [0.15, 0.2) is 5.82 Å². The Hall–Kier alpha value is -3.66. The Kier molecular flexibility index (Phi) is 6.19. The van der Waals surface area contributed by atoms with E-state index in [0.29, 0.717) is 39.8 Å². The van der Waals surface area contributed by atoms with Crippen LogP contribution in [0.2, 0.25) is 0 Å². The monoisotopic (exact) mass is 505 g/mol. The normalized spacial score (nSPS) is 18.7. The SMILES string of the molecule is Cc1c(F)cc2[nH]ncc2c1-c1ncc2c(N3CCC=CCC3)nc(OCC3CCCN3C)nc2c1F. The lowest BCUT2D eigenvalue weighted by Crippen LogP contribution is -2.31. The van der Waals surface area contributed by atoms with Gasteiger partial charge in [0.1, 0.15) is 29.5 Å². The smallest absolute Gasteiger partial charge is 0.319 e. The summed E-state index contributed by atoms with van der Waals surface area (Å²) in [6, 6.07) is 1.77. The molecule has 6 rings (SSSR count). The van der Waals surface area contributed by atoms with Crippen molar-refractivity contribution in [2.45, 2.75) is 38.6 Å². The van der Waals surface area contributed by atoms with Crippen LogP contribution in [-0.2, 0) is 0 Å². The molecule has 37 heavy (non-hydrogen) atoms. The van der Waals surface area contributed by atoms with Crippen molar-refractivity contribution < 1.29 is 13.5 Å². The molecule has 1 unspecified atom stereocenters. The maximum absolute atomic E-state index is 16.3. The number of likely N-dealkylation sites (tertiary alicyclic amines) is 1. The fourth-order valence-corrected chi connectivity index (χ4v) is 5.35. The number of hydrogen-bond acceptors (Lipinski definition) is 7. The van der Waals surface area contributed by atoms with Crippen LogP contribution in [0, 0.1) is 18.6 Å². The van der Waals surface area contributed by atoms with E-state index in [1.165, 1.54) is 6.07 Å². The van der Waals surface area contributed by atoms with Gasteiger partial charge in [-0.3, -0.25) is 10.1 Å². The van der Waals surface area contributed by atoms with Crippen molar-refractivity contribution in [2.24, 2.45) is 0 Å². The van der Waals surface area contributed by atoms with E-state index in [1.807, 2.05) is 0 Å². The molecule has 3 aromatic heterocycles. The second kappa shape index (κ2) is 9.66. The highest BCUT2D eigenvalue weighted by molar-refractivity contribution is 5.98. The lowest BCUT2D eigenvalue weighted by Gasteiger charge is -2.24. The first-order chi connectivity index (χ1) is 18.0. The lowest BCUT2D eigenvalue weighted by molar-refractivity contribution is 0.188. The topological polar surface area (TPSA) is 83.1 Å².